The van der Waals surface area contributed by atoms with Gasteiger partial charge in [0.05, 0.1) is 12.9 Å². The molecule has 0 saturated heterocycles. The molecule has 2 heterocycles. The van der Waals surface area contributed by atoms with Crippen LogP contribution in [0.5, 0.6) is 0 Å². The van der Waals surface area contributed by atoms with E-state index in [9.17, 15) is 9.59 Å². The van der Waals surface area contributed by atoms with E-state index in [1.54, 1.807) is 6.07 Å². The number of carbonyl (C=O) groups is 2. The summed E-state index contributed by atoms with van der Waals surface area (Å²) in [6.07, 6.45) is 0. The van der Waals surface area contributed by atoms with E-state index in [1.807, 2.05) is 66.9 Å². The van der Waals surface area contributed by atoms with Gasteiger partial charge in [0.1, 0.15) is 10.6 Å². The van der Waals surface area contributed by atoms with Gasteiger partial charge in [0, 0.05) is 27.6 Å². The number of esters is 1. The van der Waals surface area contributed by atoms with Gasteiger partial charge in [-0.2, -0.15) is 0 Å². The van der Waals surface area contributed by atoms with E-state index < -0.39 is 5.97 Å². The fourth-order valence-electron chi connectivity index (χ4n) is 3.70. The van der Waals surface area contributed by atoms with Crippen molar-refractivity contribution in [1.82, 2.24) is 14.8 Å². The number of anilines is 1. The fraction of sp³-hybridized carbons (Fsp3) is 0.200. The average Bonchev–Trinajstić information content (AvgIpc) is 3.42. The standard InChI is InChI=1S/C25H23ClN4O3S2/c1-4-30-22(17-11-8-12-18(26)13-17)28-29-25(30)34-14-19(31)27-23-21(24(32)33-3)20(15(2)35-23)16-9-6-5-7-10-16/h5-13H,4,14H2,1-3H3,(H,27,31). The van der Waals surface area contributed by atoms with E-state index in [4.69, 9.17) is 16.3 Å². The van der Waals surface area contributed by atoms with Crippen molar-refractivity contribution in [3.63, 3.8) is 0 Å². The van der Waals surface area contributed by atoms with Gasteiger partial charge in [-0.15, -0.1) is 21.5 Å². The van der Waals surface area contributed by atoms with Gasteiger partial charge in [0.2, 0.25) is 5.91 Å². The van der Waals surface area contributed by atoms with Crippen LogP contribution in [0.15, 0.2) is 59.8 Å². The normalized spacial score (nSPS) is 10.9. The summed E-state index contributed by atoms with van der Waals surface area (Å²) in [6, 6.07) is 17.0. The topological polar surface area (TPSA) is 86.1 Å². The quantitative estimate of drug-likeness (QED) is 0.218. The molecule has 0 bridgehead atoms. The zero-order chi connectivity index (χ0) is 24.9. The maximum absolute atomic E-state index is 12.9. The van der Waals surface area contributed by atoms with Crippen LogP contribution in [0.2, 0.25) is 5.02 Å². The zero-order valence-corrected chi connectivity index (χ0v) is 21.8. The van der Waals surface area contributed by atoms with Crippen molar-refractivity contribution in [1.29, 1.82) is 0 Å². The number of nitrogens with one attached hydrogen (secondary N) is 1. The Kier molecular flexibility index (Phi) is 7.90. The van der Waals surface area contributed by atoms with E-state index in [-0.39, 0.29) is 11.7 Å². The molecule has 0 aliphatic rings. The molecule has 35 heavy (non-hydrogen) atoms. The Morgan fingerprint density at radius 1 is 1.11 bits per heavy atom. The van der Waals surface area contributed by atoms with Crippen LogP contribution in [-0.2, 0) is 16.1 Å². The second-order valence-corrected chi connectivity index (χ2v) is 10.1. The van der Waals surface area contributed by atoms with Crippen molar-refractivity contribution in [2.45, 2.75) is 25.5 Å². The van der Waals surface area contributed by atoms with Gasteiger partial charge in [-0.1, -0.05) is 65.8 Å². The highest BCUT2D eigenvalue weighted by Crippen LogP contribution is 2.40. The number of ether oxygens (including phenoxy) is 1. The number of aryl methyl sites for hydroxylation is 1. The number of halogens is 1. The Labute approximate surface area is 216 Å². The minimum atomic E-state index is -0.493. The third kappa shape index (κ3) is 5.42. The lowest BCUT2D eigenvalue weighted by molar-refractivity contribution is -0.113. The molecule has 7 nitrogen and oxygen atoms in total. The molecule has 0 saturated carbocycles. The summed E-state index contributed by atoms with van der Waals surface area (Å²) in [7, 11) is 1.33. The molecular formula is C25H23ClN4O3S2. The number of benzene rings is 2. The number of thioether (sulfide) groups is 1. The minimum Gasteiger partial charge on any atom is -0.465 e. The van der Waals surface area contributed by atoms with E-state index in [1.165, 1.54) is 30.2 Å². The molecular weight excluding hydrogens is 504 g/mol. The lowest BCUT2D eigenvalue weighted by Crippen LogP contribution is -2.16. The van der Waals surface area contributed by atoms with Crippen molar-refractivity contribution < 1.29 is 14.3 Å². The summed E-state index contributed by atoms with van der Waals surface area (Å²) in [5.41, 5.74) is 2.87. The molecule has 10 heteroatoms. The third-order valence-corrected chi connectivity index (χ3v) is 7.46. The Hall–Kier alpha value is -3.14. The van der Waals surface area contributed by atoms with Gasteiger partial charge in [0.15, 0.2) is 11.0 Å². The van der Waals surface area contributed by atoms with Crippen LogP contribution in [0.3, 0.4) is 0 Å². The predicted octanol–water partition coefficient (Wildman–Crippen LogP) is 6.17. The molecule has 0 unspecified atom stereocenters. The molecule has 0 aliphatic heterocycles. The predicted molar refractivity (Wildman–Crippen MR) is 141 cm³/mol. The number of aromatic nitrogens is 3. The van der Waals surface area contributed by atoms with Crippen LogP contribution in [0, 0.1) is 6.92 Å². The molecule has 0 spiro atoms. The summed E-state index contributed by atoms with van der Waals surface area (Å²) >= 11 is 8.76. The van der Waals surface area contributed by atoms with Gasteiger partial charge in [-0.25, -0.2) is 4.79 Å². The van der Waals surface area contributed by atoms with E-state index in [0.29, 0.717) is 33.1 Å². The number of hydrogen-bond donors (Lipinski definition) is 1. The molecule has 4 rings (SSSR count). The largest absolute Gasteiger partial charge is 0.465 e. The van der Waals surface area contributed by atoms with Crippen molar-refractivity contribution in [3.05, 3.63) is 70.1 Å². The van der Waals surface area contributed by atoms with Crippen LogP contribution >= 0.6 is 34.7 Å². The van der Waals surface area contributed by atoms with Crippen LogP contribution < -0.4 is 5.32 Å². The second kappa shape index (κ2) is 11.1. The van der Waals surface area contributed by atoms with E-state index >= 15 is 0 Å². The highest BCUT2D eigenvalue weighted by atomic mass is 35.5. The van der Waals surface area contributed by atoms with Gasteiger partial charge < -0.3 is 14.6 Å². The Bertz CT molecular complexity index is 1370. The summed E-state index contributed by atoms with van der Waals surface area (Å²) < 4.78 is 6.96. The maximum Gasteiger partial charge on any atom is 0.341 e. The molecule has 1 amide bonds. The number of amides is 1. The van der Waals surface area contributed by atoms with Gasteiger partial charge >= 0.3 is 5.97 Å². The highest BCUT2D eigenvalue weighted by molar-refractivity contribution is 7.99. The fourth-order valence-corrected chi connectivity index (χ4v) is 5.77. The Morgan fingerprint density at radius 2 is 1.86 bits per heavy atom. The number of carbonyl (C=O) groups excluding carboxylic acids is 2. The van der Waals surface area contributed by atoms with Crippen LogP contribution in [0.1, 0.15) is 22.2 Å². The average molecular weight is 527 g/mol. The Morgan fingerprint density at radius 3 is 2.54 bits per heavy atom. The number of rotatable bonds is 8. The van der Waals surface area contributed by atoms with E-state index in [0.717, 1.165) is 21.6 Å². The number of hydrogen-bond acceptors (Lipinski definition) is 7. The maximum atomic E-state index is 12.9. The highest BCUT2D eigenvalue weighted by Gasteiger charge is 2.25. The van der Waals surface area contributed by atoms with Crippen molar-refractivity contribution in [2.24, 2.45) is 0 Å². The SMILES string of the molecule is CCn1c(SCC(=O)Nc2sc(C)c(-c3ccccc3)c2C(=O)OC)nnc1-c1cccc(Cl)c1. The molecule has 0 atom stereocenters. The van der Waals surface area contributed by atoms with Crippen LogP contribution in [0.25, 0.3) is 22.5 Å². The summed E-state index contributed by atoms with van der Waals surface area (Å²) in [5.74, 6) is 0.0441. The summed E-state index contributed by atoms with van der Waals surface area (Å²) in [5, 5.41) is 13.2. The Balaban J connectivity index is 1.54. The van der Waals surface area contributed by atoms with Gasteiger partial charge in [-0.05, 0) is 31.5 Å². The first-order valence-electron chi connectivity index (χ1n) is 10.8. The van der Waals surface area contributed by atoms with Crippen LogP contribution in [0.4, 0.5) is 5.00 Å². The monoisotopic (exact) mass is 526 g/mol. The molecule has 0 radical (unpaired) electrons. The lowest BCUT2D eigenvalue weighted by atomic mass is 10.0. The number of thiophene rings is 1. The van der Waals surface area contributed by atoms with Gasteiger partial charge in [0.25, 0.3) is 0 Å². The molecule has 0 fully saturated rings. The first-order chi connectivity index (χ1) is 16.9. The molecule has 1 N–H and O–H groups in total. The first-order valence-corrected chi connectivity index (χ1v) is 13.0. The zero-order valence-electron chi connectivity index (χ0n) is 19.4. The molecule has 2 aromatic carbocycles. The van der Waals surface area contributed by atoms with Crippen molar-refractivity contribution in [3.8, 4) is 22.5 Å². The molecule has 2 aromatic heterocycles. The summed E-state index contributed by atoms with van der Waals surface area (Å²) in [4.78, 5) is 26.4. The smallest absolute Gasteiger partial charge is 0.341 e. The number of nitrogens with zero attached hydrogens (tertiary/aromatic N) is 3. The number of methoxy groups -OCH3 is 1. The minimum absolute atomic E-state index is 0.103. The third-order valence-electron chi connectivity index (χ3n) is 5.24. The van der Waals surface area contributed by atoms with Crippen molar-refractivity contribution in [2.75, 3.05) is 18.2 Å². The summed E-state index contributed by atoms with van der Waals surface area (Å²) in [6.45, 7) is 4.55. The lowest BCUT2D eigenvalue weighted by Gasteiger charge is -2.09. The second-order valence-electron chi connectivity index (χ2n) is 7.49. The molecule has 180 valence electrons. The van der Waals surface area contributed by atoms with E-state index in [2.05, 4.69) is 15.5 Å². The molecule has 4 aromatic rings. The van der Waals surface area contributed by atoms with Crippen molar-refractivity contribution >= 4 is 51.6 Å². The first kappa shape index (κ1) is 25.0. The molecule has 0 aliphatic carbocycles. The van der Waals surface area contributed by atoms with Crippen LogP contribution in [-0.4, -0.2) is 39.5 Å². The van der Waals surface area contributed by atoms with Gasteiger partial charge in [-0.3, -0.25) is 4.79 Å².